The predicted molar refractivity (Wildman–Crippen MR) is 66.3 cm³/mol. The summed E-state index contributed by atoms with van der Waals surface area (Å²) in [4.78, 5) is 10.8. The van der Waals surface area contributed by atoms with E-state index >= 15 is 0 Å². The molecule has 0 aliphatic rings. The fraction of sp³-hybridized carbons (Fsp3) is 0.462. The number of hydrogen-bond acceptors (Lipinski definition) is 3. The first kappa shape index (κ1) is 13.5. The minimum absolute atomic E-state index is 0.0522. The molecule has 1 atom stereocenters. The van der Waals surface area contributed by atoms with Gasteiger partial charge in [0.2, 0.25) is 0 Å². The van der Waals surface area contributed by atoms with E-state index in [0.29, 0.717) is 11.7 Å². The van der Waals surface area contributed by atoms with Gasteiger partial charge in [0, 0.05) is 0 Å². The number of carboxylic acids is 1. The molecule has 0 spiro atoms. The van der Waals surface area contributed by atoms with Crippen LogP contribution in [0.1, 0.15) is 32.3 Å². The molecule has 3 N–H and O–H groups in total. The first-order valence-corrected chi connectivity index (χ1v) is 5.58. The van der Waals surface area contributed by atoms with E-state index < -0.39 is 11.5 Å². The zero-order chi connectivity index (χ0) is 13.1. The Kier molecular flexibility index (Phi) is 4.12. The summed E-state index contributed by atoms with van der Waals surface area (Å²) in [6, 6.07) is 7.59. The summed E-state index contributed by atoms with van der Waals surface area (Å²) in [5, 5.41) is 8.83. The van der Waals surface area contributed by atoms with E-state index in [0.717, 1.165) is 0 Å². The average Bonchev–Trinajstić information content (AvgIpc) is 2.27. The van der Waals surface area contributed by atoms with Gasteiger partial charge in [0.25, 0.3) is 0 Å². The summed E-state index contributed by atoms with van der Waals surface area (Å²) in [6.07, 6.45) is 0. The average molecular weight is 237 g/mol. The maximum absolute atomic E-state index is 10.8. The lowest BCUT2D eigenvalue weighted by molar-refractivity contribution is -0.143. The molecule has 0 saturated carbocycles. The lowest BCUT2D eigenvalue weighted by Gasteiger charge is -2.19. The van der Waals surface area contributed by atoms with Gasteiger partial charge in [0.15, 0.2) is 0 Å². The lowest BCUT2D eigenvalue weighted by Crippen LogP contribution is -2.49. The Morgan fingerprint density at radius 1 is 1.41 bits per heavy atom. The maximum atomic E-state index is 10.8. The number of carboxylic acid groups (broad SMARTS) is 1. The molecule has 4 heteroatoms. The number of nitrogens with two attached hydrogens (primary N) is 1. The van der Waals surface area contributed by atoms with Crippen molar-refractivity contribution in [3.8, 4) is 5.75 Å². The van der Waals surface area contributed by atoms with Gasteiger partial charge in [-0.05, 0) is 30.5 Å². The third-order valence-corrected chi connectivity index (χ3v) is 2.57. The van der Waals surface area contributed by atoms with Gasteiger partial charge in [-0.2, -0.15) is 0 Å². The van der Waals surface area contributed by atoms with Crippen molar-refractivity contribution in [2.75, 3.05) is 6.61 Å². The third kappa shape index (κ3) is 3.75. The van der Waals surface area contributed by atoms with E-state index in [1.54, 1.807) is 0 Å². The minimum Gasteiger partial charge on any atom is -0.491 e. The highest BCUT2D eigenvalue weighted by molar-refractivity contribution is 5.78. The van der Waals surface area contributed by atoms with Crippen LogP contribution in [0.15, 0.2) is 24.3 Å². The molecule has 1 unspecified atom stereocenters. The second-order valence-corrected chi connectivity index (χ2v) is 4.74. The Hall–Kier alpha value is -1.55. The van der Waals surface area contributed by atoms with Gasteiger partial charge in [0.05, 0.1) is 0 Å². The predicted octanol–water partition coefficient (Wildman–Crippen LogP) is 1.99. The van der Waals surface area contributed by atoms with E-state index in [2.05, 4.69) is 13.8 Å². The SMILES string of the molecule is CC(C)c1ccc(OCC(C)(N)C(=O)O)cc1. The molecule has 94 valence electrons. The molecule has 1 aromatic carbocycles. The van der Waals surface area contributed by atoms with E-state index in [1.807, 2.05) is 24.3 Å². The van der Waals surface area contributed by atoms with E-state index in [-0.39, 0.29) is 6.61 Å². The smallest absolute Gasteiger partial charge is 0.326 e. The molecule has 0 fully saturated rings. The fourth-order valence-electron chi connectivity index (χ4n) is 1.24. The monoisotopic (exact) mass is 237 g/mol. The molecule has 4 nitrogen and oxygen atoms in total. The van der Waals surface area contributed by atoms with Crippen molar-refractivity contribution in [1.82, 2.24) is 0 Å². The van der Waals surface area contributed by atoms with Crippen molar-refractivity contribution in [3.63, 3.8) is 0 Å². The fourth-order valence-corrected chi connectivity index (χ4v) is 1.24. The molecule has 0 radical (unpaired) electrons. The second-order valence-electron chi connectivity index (χ2n) is 4.74. The van der Waals surface area contributed by atoms with Crippen LogP contribution in [0.4, 0.5) is 0 Å². The van der Waals surface area contributed by atoms with Gasteiger partial charge < -0.3 is 15.6 Å². The van der Waals surface area contributed by atoms with Gasteiger partial charge in [-0.15, -0.1) is 0 Å². The van der Waals surface area contributed by atoms with E-state index in [1.165, 1.54) is 12.5 Å². The Bertz CT molecular complexity index is 382. The molecule has 17 heavy (non-hydrogen) atoms. The van der Waals surface area contributed by atoms with Crippen LogP contribution in [0.5, 0.6) is 5.75 Å². The summed E-state index contributed by atoms with van der Waals surface area (Å²) in [6.45, 7) is 5.59. The van der Waals surface area contributed by atoms with Crippen LogP contribution in [0.3, 0.4) is 0 Å². The number of rotatable bonds is 5. The molecular weight excluding hydrogens is 218 g/mol. The van der Waals surface area contributed by atoms with Crippen molar-refractivity contribution < 1.29 is 14.6 Å². The maximum Gasteiger partial charge on any atom is 0.326 e. The molecule has 0 aliphatic carbocycles. The Balaban J connectivity index is 2.62. The summed E-state index contributed by atoms with van der Waals surface area (Å²) in [7, 11) is 0. The van der Waals surface area contributed by atoms with Gasteiger partial charge >= 0.3 is 5.97 Å². The number of carbonyl (C=O) groups is 1. The molecular formula is C13H19NO3. The Labute approximate surface area is 101 Å². The highest BCUT2D eigenvalue weighted by atomic mass is 16.5. The summed E-state index contributed by atoms with van der Waals surface area (Å²) >= 11 is 0. The van der Waals surface area contributed by atoms with Gasteiger partial charge in [0.1, 0.15) is 17.9 Å². The van der Waals surface area contributed by atoms with E-state index in [4.69, 9.17) is 15.6 Å². The Morgan fingerprint density at radius 3 is 2.35 bits per heavy atom. The quantitative estimate of drug-likeness (QED) is 0.821. The topological polar surface area (TPSA) is 72.5 Å². The first-order valence-electron chi connectivity index (χ1n) is 5.58. The Morgan fingerprint density at radius 2 is 1.94 bits per heavy atom. The molecule has 0 aromatic heterocycles. The van der Waals surface area contributed by atoms with E-state index in [9.17, 15) is 4.79 Å². The highest BCUT2D eigenvalue weighted by Crippen LogP contribution is 2.19. The second kappa shape index (κ2) is 5.19. The van der Waals surface area contributed by atoms with Crippen LogP contribution < -0.4 is 10.5 Å². The molecule has 0 saturated heterocycles. The van der Waals surface area contributed by atoms with Gasteiger partial charge in [-0.1, -0.05) is 26.0 Å². The third-order valence-electron chi connectivity index (χ3n) is 2.57. The minimum atomic E-state index is -1.36. The zero-order valence-electron chi connectivity index (χ0n) is 10.4. The van der Waals surface area contributed by atoms with Crippen molar-refractivity contribution >= 4 is 5.97 Å². The number of aliphatic carboxylic acids is 1. The highest BCUT2D eigenvalue weighted by Gasteiger charge is 2.28. The van der Waals surface area contributed by atoms with Crippen LogP contribution >= 0.6 is 0 Å². The molecule has 0 aliphatic heterocycles. The van der Waals surface area contributed by atoms with Crippen molar-refractivity contribution in [3.05, 3.63) is 29.8 Å². The normalized spacial score (nSPS) is 14.4. The standard InChI is InChI=1S/C13H19NO3/c1-9(2)10-4-6-11(7-5-10)17-8-13(3,14)12(15)16/h4-7,9H,8,14H2,1-3H3,(H,15,16). The first-order chi connectivity index (χ1) is 7.83. The number of hydrogen-bond donors (Lipinski definition) is 2. The largest absolute Gasteiger partial charge is 0.491 e. The molecule has 0 amide bonds. The summed E-state index contributed by atoms with van der Waals surface area (Å²) < 4.78 is 5.36. The molecule has 0 bridgehead atoms. The van der Waals surface area contributed by atoms with Crippen molar-refractivity contribution in [2.24, 2.45) is 5.73 Å². The molecule has 0 heterocycles. The lowest BCUT2D eigenvalue weighted by atomic mass is 10.0. The molecule has 1 rings (SSSR count). The van der Waals surface area contributed by atoms with Crippen LogP contribution in [-0.4, -0.2) is 23.2 Å². The van der Waals surface area contributed by atoms with Crippen LogP contribution in [0.25, 0.3) is 0 Å². The van der Waals surface area contributed by atoms with Crippen LogP contribution in [0.2, 0.25) is 0 Å². The van der Waals surface area contributed by atoms with Gasteiger partial charge in [-0.3, -0.25) is 4.79 Å². The zero-order valence-corrected chi connectivity index (χ0v) is 10.4. The van der Waals surface area contributed by atoms with Gasteiger partial charge in [-0.25, -0.2) is 0 Å². The number of benzene rings is 1. The van der Waals surface area contributed by atoms with Crippen LogP contribution in [-0.2, 0) is 4.79 Å². The van der Waals surface area contributed by atoms with Crippen LogP contribution in [0, 0.1) is 0 Å². The van der Waals surface area contributed by atoms with Crippen molar-refractivity contribution in [1.29, 1.82) is 0 Å². The summed E-state index contributed by atoms with van der Waals surface area (Å²) in [5.41, 5.74) is 5.41. The molecule has 1 aromatic rings. The van der Waals surface area contributed by atoms with Crippen molar-refractivity contribution in [2.45, 2.75) is 32.2 Å². The summed E-state index contributed by atoms with van der Waals surface area (Å²) in [5.74, 6) is 0.0199. The number of ether oxygens (including phenoxy) is 1.